The zero-order valence-electron chi connectivity index (χ0n) is 14.5. The van der Waals surface area contributed by atoms with Crippen LogP contribution in [0.3, 0.4) is 0 Å². The minimum atomic E-state index is -3.26. The summed E-state index contributed by atoms with van der Waals surface area (Å²) in [5, 5.41) is 0. The molecule has 0 radical (unpaired) electrons. The number of hydrogen-bond acceptors (Lipinski definition) is 5. The molecular weight excluding hydrogens is 332 g/mol. The number of sulfone groups is 1. The number of carbonyl (C=O) groups excluding carboxylic acids is 2. The van der Waals surface area contributed by atoms with Crippen LogP contribution in [0.1, 0.15) is 40.0 Å². The van der Waals surface area contributed by atoms with Crippen molar-refractivity contribution >= 4 is 21.8 Å². The number of hydrogen-bond donors (Lipinski definition) is 0. The van der Waals surface area contributed by atoms with E-state index in [1.54, 1.807) is 25.7 Å². The van der Waals surface area contributed by atoms with E-state index in [4.69, 9.17) is 4.74 Å². The Morgan fingerprint density at radius 3 is 2.04 bits per heavy atom. The van der Waals surface area contributed by atoms with Gasteiger partial charge in [0, 0.05) is 19.0 Å². The maximum atomic E-state index is 12.6. The zero-order chi connectivity index (χ0) is 17.7. The van der Waals surface area contributed by atoms with Gasteiger partial charge in [-0.15, -0.1) is 0 Å². The Labute approximate surface area is 143 Å². The normalized spacial score (nSPS) is 29.8. The van der Waals surface area contributed by atoms with E-state index in [-0.39, 0.29) is 23.3 Å². The van der Waals surface area contributed by atoms with E-state index < -0.39 is 33.6 Å². The molecule has 0 bridgehead atoms. The van der Waals surface area contributed by atoms with E-state index in [1.165, 1.54) is 4.90 Å². The number of carbonyl (C=O) groups is 2. The van der Waals surface area contributed by atoms with Gasteiger partial charge in [-0.05, 0) is 33.6 Å². The second-order valence-corrected chi connectivity index (χ2v) is 10.2. The van der Waals surface area contributed by atoms with Crippen molar-refractivity contribution in [2.75, 3.05) is 24.6 Å². The SMILES string of the molecule is CC(C)(C)OC(=O)N1CCN(C(=O)C2CCC2)C2CS(=O)(=O)CC21. The second-order valence-electron chi connectivity index (χ2n) is 8.04. The zero-order valence-corrected chi connectivity index (χ0v) is 15.3. The number of fused-ring (bicyclic) bond motifs is 1. The third-order valence-electron chi connectivity index (χ3n) is 5.04. The fourth-order valence-electron chi connectivity index (χ4n) is 3.66. The van der Waals surface area contributed by atoms with Crippen LogP contribution in [0, 0.1) is 5.92 Å². The summed E-state index contributed by atoms with van der Waals surface area (Å²) in [5.41, 5.74) is -0.636. The van der Waals surface area contributed by atoms with Crippen molar-refractivity contribution in [2.45, 2.75) is 57.7 Å². The summed E-state index contributed by atoms with van der Waals surface area (Å²) in [5.74, 6) is -0.0694. The molecule has 0 aromatic heterocycles. The summed E-state index contributed by atoms with van der Waals surface area (Å²) in [6.07, 6.45) is 2.33. The van der Waals surface area contributed by atoms with Crippen LogP contribution in [-0.2, 0) is 19.4 Å². The summed E-state index contributed by atoms with van der Waals surface area (Å²) in [7, 11) is -3.26. The van der Waals surface area contributed by atoms with Crippen LogP contribution in [0.25, 0.3) is 0 Å². The number of ether oxygens (including phenoxy) is 1. The van der Waals surface area contributed by atoms with Crippen LogP contribution in [0.5, 0.6) is 0 Å². The van der Waals surface area contributed by atoms with Gasteiger partial charge >= 0.3 is 6.09 Å². The Bertz CT molecular complexity index is 635. The maximum absolute atomic E-state index is 12.6. The van der Waals surface area contributed by atoms with Gasteiger partial charge in [0.15, 0.2) is 9.84 Å². The first kappa shape index (κ1) is 17.5. The molecule has 136 valence electrons. The van der Waals surface area contributed by atoms with E-state index in [9.17, 15) is 18.0 Å². The van der Waals surface area contributed by atoms with Gasteiger partial charge in [0.05, 0.1) is 23.6 Å². The molecule has 0 aromatic carbocycles. The van der Waals surface area contributed by atoms with Gasteiger partial charge in [-0.2, -0.15) is 0 Å². The van der Waals surface area contributed by atoms with Crippen LogP contribution >= 0.6 is 0 Å². The Kier molecular flexibility index (Phi) is 4.30. The van der Waals surface area contributed by atoms with Gasteiger partial charge in [-0.25, -0.2) is 13.2 Å². The molecule has 0 N–H and O–H groups in total. The number of nitrogens with zero attached hydrogens (tertiary/aromatic N) is 2. The third-order valence-corrected chi connectivity index (χ3v) is 6.74. The lowest BCUT2D eigenvalue weighted by molar-refractivity contribution is -0.144. The predicted molar refractivity (Wildman–Crippen MR) is 88.2 cm³/mol. The molecule has 2 amide bonds. The molecule has 1 saturated carbocycles. The molecule has 8 heteroatoms. The smallest absolute Gasteiger partial charge is 0.410 e. The fourth-order valence-corrected chi connectivity index (χ4v) is 5.64. The largest absolute Gasteiger partial charge is 0.444 e. The average Bonchev–Trinajstić information content (AvgIpc) is 2.67. The van der Waals surface area contributed by atoms with E-state index >= 15 is 0 Å². The fraction of sp³-hybridized carbons (Fsp3) is 0.875. The Morgan fingerprint density at radius 1 is 1.00 bits per heavy atom. The number of piperazine rings is 1. The molecule has 2 aliphatic heterocycles. The van der Waals surface area contributed by atoms with Crippen molar-refractivity contribution in [3.63, 3.8) is 0 Å². The highest BCUT2D eigenvalue weighted by Gasteiger charge is 2.51. The van der Waals surface area contributed by atoms with E-state index in [0.29, 0.717) is 13.1 Å². The lowest BCUT2D eigenvalue weighted by atomic mass is 9.83. The summed E-state index contributed by atoms with van der Waals surface area (Å²) >= 11 is 0. The highest BCUT2D eigenvalue weighted by molar-refractivity contribution is 7.91. The molecule has 1 aliphatic carbocycles. The van der Waals surface area contributed by atoms with Crippen molar-refractivity contribution in [2.24, 2.45) is 5.92 Å². The highest BCUT2D eigenvalue weighted by atomic mass is 32.2. The van der Waals surface area contributed by atoms with E-state index in [1.807, 2.05) is 0 Å². The topological polar surface area (TPSA) is 84.0 Å². The molecule has 2 heterocycles. The summed E-state index contributed by atoms with van der Waals surface area (Å²) in [4.78, 5) is 28.3. The standard InChI is InChI=1S/C16H26N2O5S/c1-16(2,3)23-15(20)18-8-7-17(14(19)11-5-4-6-11)12-9-24(21,22)10-13(12)18/h11-13H,4-10H2,1-3H3. The third kappa shape index (κ3) is 3.38. The van der Waals surface area contributed by atoms with Gasteiger partial charge in [0.25, 0.3) is 0 Å². The van der Waals surface area contributed by atoms with Crippen molar-refractivity contribution in [3.05, 3.63) is 0 Å². The van der Waals surface area contributed by atoms with Crippen molar-refractivity contribution in [3.8, 4) is 0 Å². The minimum Gasteiger partial charge on any atom is -0.444 e. The van der Waals surface area contributed by atoms with Crippen LogP contribution in [0.4, 0.5) is 4.79 Å². The number of amides is 2. The molecule has 3 aliphatic rings. The molecule has 3 fully saturated rings. The Morgan fingerprint density at radius 2 is 1.54 bits per heavy atom. The maximum Gasteiger partial charge on any atom is 0.410 e. The van der Waals surface area contributed by atoms with Crippen molar-refractivity contribution in [1.29, 1.82) is 0 Å². The van der Waals surface area contributed by atoms with E-state index in [0.717, 1.165) is 19.3 Å². The first-order valence-electron chi connectivity index (χ1n) is 8.58. The quantitative estimate of drug-likeness (QED) is 0.699. The Hall–Kier alpha value is -1.31. The molecule has 2 saturated heterocycles. The van der Waals surface area contributed by atoms with Crippen LogP contribution in [0.2, 0.25) is 0 Å². The molecular formula is C16H26N2O5S. The summed E-state index contributed by atoms with van der Waals surface area (Å²) < 4.78 is 29.7. The number of rotatable bonds is 1. The molecule has 2 atom stereocenters. The van der Waals surface area contributed by atoms with Crippen molar-refractivity contribution in [1.82, 2.24) is 9.80 Å². The van der Waals surface area contributed by atoms with Crippen molar-refractivity contribution < 1.29 is 22.7 Å². The summed E-state index contributed by atoms with van der Waals surface area (Å²) in [6, 6.07) is -0.938. The Balaban J connectivity index is 1.79. The van der Waals surface area contributed by atoms with Crippen LogP contribution in [0.15, 0.2) is 0 Å². The first-order chi connectivity index (χ1) is 11.1. The minimum absolute atomic E-state index is 0.0297. The second kappa shape index (κ2) is 5.89. The van der Waals surface area contributed by atoms with Gasteiger partial charge in [0.2, 0.25) is 5.91 Å². The average molecular weight is 358 g/mol. The molecule has 3 rings (SSSR count). The van der Waals surface area contributed by atoms with Gasteiger partial charge in [-0.3, -0.25) is 4.79 Å². The van der Waals surface area contributed by atoms with Crippen LogP contribution in [-0.4, -0.2) is 72.5 Å². The molecule has 7 nitrogen and oxygen atoms in total. The molecule has 0 spiro atoms. The lowest BCUT2D eigenvalue weighted by Crippen LogP contribution is -2.63. The molecule has 2 unspecified atom stereocenters. The molecule has 24 heavy (non-hydrogen) atoms. The van der Waals surface area contributed by atoms with Crippen LogP contribution < -0.4 is 0 Å². The lowest BCUT2D eigenvalue weighted by Gasteiger charge is -2.45. The summed E-state index contributed by atoms with van der Waals surface area (Å²) in [6.45, 7) is 6.05. The van der Waals surface area contributed by atoms with Gasteiger partial charge in [0.1, 0.15) is 5.60 Å². The predicted octanol–water partition coefficient (Wildman–Crippen LogP) is 1.03. The van der Waals surface area contributed by atoms with Gasteiger partial charge < -0.3 is 14.5 Å². The van der Waals surface area contributed by atoms with E-state index in [2.05, 4.69) is 0 Å². The van der Waals surface area contributed by atoms with Gasteiger partial charge in [-0.1, -0.05) is 6.42 Å². The first-order valence-corrected chi connectivity index (χ1v) is 10.4. The molecule has 0 aromatic rings. The monoisotopic (exact) mass is 358 g/mol. The highest BCUT2D eigenvalue weighted by Crippen LogP contribution is 2.33.